The van der Waals surface area contributed by atoms with Gasteiger partial charge in [0.25, 0.3) is 0 Å². The molecular weight excluding hydrogens is 163 g/mol. The summed E-state index contributed by atoms with van der Waals surface area (Å²) in [6.07, 6.45) is 0. The molecule has 0 aliphatic heterocycles. The predicted molar refractivity (Wildman–Crippen MR) is 44.0 cm³/mol. The largest absolute Gasteiger partial charge is 0.396 e. The molecule has 2 rings (SSSR count). The zero-order chi connectivity index (χ0) is 7.84. The first-order valence-corrected chi connectivity index (χ1v) is 3.93. The molecule has 0 amide bonds. The van der Waals surface area contributed by atoms with E-state index in [1.54, 1.807) is 11.6 Å². The van der Waals surface area contributed by atoms with Gasteiger partial charge in [-0.15, -0.1) is 11.3 Å². The number of hydrogen-bond donors (Lipinski definition) is 1. The van der Waals surface area contributed by atoms with Gasteiger partial charge >= 0.3 is 0 Å². The van der Waals surface area contributed by atoms with Gasteiger partial charge in [0.2, 0.25) is 0 Å². The second-order valence-electron chi connectivity index (χ2n) is 2.19. The Labute approximate surface area is 66.5 Å². The van der Waals surface area contributed by atoms with Crippen molar-refractivity contribution in [3.63, 3.8) is 0 Å². The van der Waals surface area contributed by atoms with Gasteiger partial charge in [0.15, 0.2) is 0 Å². The van der Waals surface area contributed by atoms with Gasteiger partial charge in [0.1, 0.15) is 5.82 Å². The highest BCUT2D eigenvalue weighted by molar-refractivity contribution is 7.16. The summed E-state index contributed by atoms with van der Waals surface area (Å²) in [5, 5.41) is 0. The average Bonchev–Trinajstić information content (AvgIpc) is 2.36. The number of benzene rings is 1. The lowest BCUT2D eigenvalue weighted by atomic mass is 10.3. The lowest BCUT2D eigenvalue weighted by Gasteiger charge is -1.93. The number of rotatable bonds is 0. The van der Waals surface area contributed by atoms with Crippen LogP contribution in [0.4, 0.5) is 10.1 Å². The molecule has 4 heteroatoms. The van der Waals surface area contributed by atoms with E-state index >= 15 is 0 Å². The summed E-state index contributed by atoms with van der Waals surface area (Å²) >= 11 is 1.40. The molecular formula is C7H5FN2S. The van der Waals surface area contributed by atoms with Crippen LogP contribution in [0.3, 0.4) is 0 Å². The van der Waals surface area contributed by atoms with Crippen LogP contribution in [0.25, 0.3) is 10.2 Å². The summed E-state index contributed by atoms with van der Waals surface area (Å²) in [5.74, 6) is -0.373. The molecule has 1 heterocycles. The second kappa shape index (κ2) is 2.17. The van der Waals surface area contributed by atoms with Gasteiger partial charge in [-0.1, -0.05) is 0 Å². The fourth-order valence-electron chi connectivity index (χ4n) is 0.895. The van der Waals surface area contributed by atoms with E-state index in [0.717, 1.165) is 10.2 Å². The van der Waals surface area contributed by atoms with Gasteiger partial charge in [-0.25, -0.2) is 9.37 Å². The minimum Gasteiger partial charge on any atom is -0.396 e. The van der Waals surface area contributed by atoms with E-state index in [9.17, 15) is 4.39 Å². The van der Waals surface area contributed by atoms with E-state index in [1.807, 2.05) is 0 Å². The molecule has 56 valence electrons. The lowest BCUT2D eigenvalue weighted by molar-refractivity contribution is 0.634. The normalized spacial score (nSPS) is 10.6. The van der Waals surface area contributed by atoms with Crippen LogP contribution >= 0.6 is 11.3 Å². The molecule has 0 saturated heterocycles. The summed E-state index contributed by atoms with van der Waals surface area (Å²) in [6.45, 7) is 0. The molecule has 0 aliphatic carbocycles. The summed E-state index contributed by atoms with van der Waals surface area (Å²) in [6, 6.07) is 2.95. The van der Waals surface area contributed by atoms with E-state index in [0.29, 0.717) is 0 Å². The quantitative estimate of drug-likeness (QED) is 0.611. The average molecular weight is 168 g/mol. The molecule has 0 fully saturated rings. The van der Waals surface area contributed by atoms with Gasteiger partial charge in [-0.2, -0.15) is 0 Å². The Bertz CT molecular complexity index is 360. The van der Waals surface area contributed by atoms with Gasteiger partial charge < -0.3 is 5.73 Å². The third-order valence-electron chi connectivity index (χ3n) is 1.45. The topological polar surface area (TPSA) is 38.9 Å². The minimum absolute atomic E-state index is 0.156. The van der Waals surface area contributed by atoms with Crippen molar-refractivity contribution < 1.29 is 4.39 Å². The number of thiazole rings is 1. The molecule has 0 radical (unpaired) electrons. The summed E-state index contributed by atoms with van der Waals surface area (Å²) in [7, 11) is 0. The van der Waals surface area contributed by atoms with Crippen LogP contribution < -0.4 is 5.73 Å². The van der Waals surface area contributed by atoms with Crippen molar-refractivity contribution in [2.75, 3.05) is 5.73 Å². The van der Waals surface area contributed by atoms with Crippen molar-refractivity contribution in [2.45, 2.75) is 0 Å². The fourth-order valence-corrected chi connectivity index (χ4v) is 1.58. The van der Waals surface area contributed by atoms with Crippen LogP contribution in [-0.2, 0) is 0 Å². The highest BCUT2D eigenvalue weighted by Crippen LogP contribution is 2.22. The number of halogens is 1. The van der Waals surface area contributed by atoms with Gasteiger partial charge in [-0.3, -0.25) is 0 Å². The maximum Gasteiger partial charge on any atom is 0.147 e. The smallest absolute Gasteiger partial charge is 0.147 e. The monoisotopic (exact) mass is 168 g/mol. The first kappa shape index (κ1) is 6.54. The van der Waals surface area contributed by atoms with Crippen LogP contribution in [-0.4, -0.2) is 4.98 Å². The van der Waals surface area contributed by atoms with Crippen molar-refractivity contribution in [2.24, 2.45) is 0 Å². The summed E-state index contributed by atoms with van der Waals surface area (Å²) < 4.78 is 13.6. The van der Waals surface area contributed by atoms with E-state index in [-0.39, 0.29) is 11.5 Å². The molecule has 0 atom stereocenters. The molecule has 2 aromatic rings. The first-order valence-electron chi connectivity index (χ1n) is 3.05. The Morgan fingerprint density at radius 3 is 3.09 bits per heavy atom. The Kier molecular flexibility index (Phi) is 1.29. The van der Waals surface area contributed by atoms with Crippen LogP contribution in [0.1, 0.15) is 0 Å². The number of anilines is 1. The third kappa shape index (κ3) is 0.952. The fraction of sp³-hybridized carbons (Fsp3) is 0. The summed E-state index contributed by atoms with van der Waals surface area (Å²) in [4.78, 5) is 3.99. The first-order chi connectivity index (χ1) is 5.27. The van der Waals surface area contributed by atoms with Crippen molar-refractivity contribution >= 4 is 27.2 Å². The number of aromatic nitrogens is 1. The van der Waals surface area contributed by atoms with Crippen molar-refractivity contribution in [1.82, 2.24) is 4.98 Å². The second-order valence-corrected chi connectivity index (χ2v) is 3.08. The van der Waals surface area contributed by atoms with Crippen molar-refractivity contribution in [1.29, 1.82) is 0 Å². The van der Waals surface area contributed by atoms with Crippen LogP contribution in [0.5, 0.6) is 0 Å². The van der Waals surface area contributed by atoms with E-state index in [1.165, 1.54) is 17.4 Å². The maximum absolute atomic E-state index is 12.8. The molecule has 0 aliphatic rings. The molecule has 0 saturated carbocycles. The molecule has 0 unspecified atom stereocenters. The van der Waals surface area contributed by atoms with Gasteiger partial charge in [-0.05, 0) is 12.1 Å². The Balaban J connectivity index is 2.86. The van der Waals surface area contributed by atoms with Crippen LogP contribution in [0, 0.1) is 5.82 Å². The van der Waals surface area contributed by atoms with Gasteiger partial charge in [0, 0.05) is 0 Å². The number of nitrogens with zero attached hydrogens (tertiary/aromatic N) is 1. The Morgan fingerprint density at radius 2 is 2.27 bits per heavy atom. The Hall–Kier alpha value is -1.16. The van der Waals surface area contributed by atoms with E-state index < -0.39 is 0 Å². The van der Waals surface area contributed by atoms with Crippen molar-refractivity contribution in [3.8, 4) is 0 Å². The highest BCUT2D eigenvalue weighted by Gasteiger charge is 2.01. The highest BCUT2D eigenvalue weighted by atomic mass is 32.1. The molecule has 0 bridgehead atoms. The van der Waals surface area contributed by atoms with Gasteiger partial charge in [0.05, 0.1) is 21.4 Å². The van der Waals surface area contributed by atoms with Crippen molar-refractivity contribution in [3.05, 3.63) is 23.5 Å². The third-order valence-corrected chi connectivity index (χ3v) is 2.24. The Morgan fingerprint density at radius 1 is 1.45 bits per heavy atom. The SMILES string of the molecule is Nc1cc2ncsc2cc1F. The molecule has 1 aromatic heterocycles. The number of nitrogens with two attached hydrogens (primary N) is 1. The minimum atomic E-state index is -0.373. The van der Waals surface area contributed by atoms with E-state index in [2.05, 4.69) is 4.98 Å². The number of hydrogen-bond acceptors (Lipinski definition) is 3. The maximum atomic E-state index is 12.8. The molecule has 2 nitrogen and oxygen atoms in total. The molecule has 2 N–H and O–H groups in total. The number of fused-ring (bicyclic) bond motifs is 1. The lowest BCUT2D eigenvalue weighted by Crippen LogP contribution is -1.88. The summed E-state index contributed by atoms with van der Waals surface area (Å²) in [5.41, 5.74) is 7.92. The zero-order valence-corrected chi connectivity index (χ0v) is 6.36. The van der Waals surface area contributed by atoms with Crippen LogP contribution in [0.15, 0.2) is 17.6 Å². The number of nitrogen functional groups attached to an aromatic ring is 1. The van der Waals surface area contributed by atoms with E-state index in [4.69, 9.17) is 5.73 Å². The standard InChI is InChI=1S/C7H5FN2S/c8-4-1-7-6(2-5(4)9)10-3-11-7/h1-3H,9H2. The molecule has 0 spiro atoms. The van der Waals surface area contributed by atoms with Crippen LogP contribution in [0.2, 0.25) is 0 Å². The molecule has 1 aromatic carbocycles. The zero-order valence-electron chi connectivity index (χ0n) is 5.54. The predicted octanol–water partition coefficient (Wildman–Crippen LogP) is 2.02. The molecule has 11 heavy (non-hydrogen) atoms.